The minimum absolute atomic E-state index is 0.0575. The van der Waals surface area contributed by atoms with Gasteiger partial charge in [-0.15, -0.1) is 0 Å². The number of hydrogen-bond donors (Lipinski definition) is 0. The summed E-state index contributed by atoms with van der Waals surface area (Å²) in [4.78, 5) is 0. The Balaban J connectivity index is 2.09. The van der Waals surface area contributed by atoms with E-state index in [1.165, 1.54) is 0 Å². The van der Waals surface area contributed by atoms with Crippen molar-refractivity contribution in [2.75, 3.05) is 28.4 Å². The third-order valence-corrected chi connectivity index (χ3v) is 4.53. The van der Waals surface area contributed by atoms with E-state index in [0.29, 0.717) is 23.0 Å². The lowest BCUT2D eigenvalue weighted by Crippen LogP contribution is -2.10. The molecule has 1 atom stereocenters. The minimum Gasteiger partial charge on any atom is -0.493 e. The van der Waals surface area contributed by atoms with Gasteiger partial charge in [-0.3, -0.25) is 0 Å². The van der Waals surface area contributed by atoms with Gasteiger partial charge in [-0.25, -0.2) is 0 Å². The molecule has 0 aliphatic carbocycles. The Hall–Kier alpha value is -2.82. The van der Waals surface area contributed by atoms with Crippen LogP contribution in [-0.4, -0.2) is 28.4 Å². The van der Waals surface area contributed by atoms with E-state index >= 15 is 0 Å². The van der Waals surface area contributed by atoms with E-state index in [-0.39, 0.29) is 6.10 Å². The van der Waals surface area contributed by atoms with Crippen molar-refractivity contribution >= 4 is 11.8 Å². The van der Waals surface area contributed by atoms with Gasteiger partial charge in [0.05, 0.1) is 28.4 Å². The maximum atomic E-state index is 6.26. The number of methoxy groups -OCH3 is 4. The zero-order chi connectivity index (χ0) is 18.7. The van der Waals surface area contributed by atoms with Gasteiger partial charge in [0.15, 0.2) is 23.0 Å². The predicted octanol–water partition coefficient (Wildman–Crippen LogP) is 4.70. The van der Waals surface area contributed by atoms with Gasteiger partial charge >= 0.3 is 0 Å². The van der Waals surface area contributed by atoms with E-state index in [4.69, 9.17) is 23.7 Å². The van der Waals surface area contributed by atoms with Crippen LogP contribution >= 0.6 is 0 Å². The van der Waals surface area contributed by atoms with Crippen molar-refractivity contribution in [2.45, 2.75) is 19.4 Å². The molecule has 5 heteroatoms. The first kappa shape index (κ1) is 18.0. The maximum absolute atomic E-state index is 6.26. The van der Waals surface area contributed by atoms with Crippen LogP contribution in [0.4, 0.5) is 0 Å². The van der Waals surface area contributed by atoms with Crippen LogP contribution in [0.25, 0.3) is 11.8 Å². The van der Waals surface area contributed by atoms with Crippen LogP contribution in [0.1, 0.15) is 36.1 Å². The normalized spacial score (nSPS) is 15.4. The second-order valence-electron chi connectivity index (χ2n) is 5.93. The molecule has 5 nitrogen and oxygen atoms in total. The summed E-state index contributed by atoms with van der Waals surface area (Å²) in [6.45, 7) is 2.10. The van der Waals surface area contributed by atoms with Gasteiger partial charge in [0.25, 0.3) is 0 Å². The molecule has 3 rings (SSSR count). The smallest absolute Gasteiger partial charge is 0.161 e. The molecule has 2 aromatic rings. The van der Waals surface area contributed by atoms with E-state index < -0.39 is 0 Å². The van der Waals surface area contributed by atoms with Gasteiger partial charge in [0.2, 0.25) is 0 Å². The van der Waals surface area contributed by atoms with Gasteiger partial charge < -0.3 is 23.7 Å². The molecule has 0 saturated heterocycles. The third kappa shape index (κ3) is 3.17. The first-order chi connectivity index (χ1) is 12.6. The van der Waals surface area contributed by atoms with E-state index in [0.717, 1.165) is 28.9 Å². The second kappa shape index (κ2) is 7.60. The van der Waals surface area contributed by atoms with Gasteiger partial charge in [0.1, 0.15) is 11.9 Å². The first-order valence-corrected chi connectivity index (χ1v) is 8.51. The van der Waals surface area contributed by atoms with Gasteiger partial charge in [-0.1, -0.05) is 6.92 Å². The Labute approximate surface area is 154 Å². The predicted molar refractivity (Wildman–Crippen MR) is 101 cm³/mol. The Morgan fingerprint density at radius 2 is 1.42 bits per heavy atom. The molecule has 0 spiro atoms. The van der Waals surface area contributed by atoms with Gasteiger partial charge in [0, 0.05) is 11.1 Å². The highest BCUT2D eigenvalue weighted by atomic mass is 16.5. The summed E-state index contributed by atoms with van der Waals surface area (Å²) in [5.74, 6) is 3.55. The molecule has 0 radical (unpaired) electrons. The molecule has 1 unspecified atom stereocenters. The summed E-state index contributed by atoms with van der Waals surface area (Å²) in [5.41, 5.74) is 3.08. The highest BCUT2D eigenvalue weighted by Crippen LogP contribution is 2.43. The number of rotatable bonds is 6. The van der Waals surface area contributed by atoms with Crippen LogP contribution in [0.2, 0.25) is 0 Å². The van der Waals surface area contributed by atoms with E-state index in [2.05, 4.69) is 6.92 Å². The zero-order valence-corrected chi connectivity index (χ0v) is 15.8. The van der Waals surface area contributed by atoms with Crippen LogP contribution in [-0.2, 0) is 4.74 Å². The molecule has 26 heavy (non-hydrogen) atoms. The maximum Gasteiger partial charge on any atom is 0.161 e. The lowest BCUT2D eigenvalue weighted by molar-refractivity contribution is 0.162. The molecule has 0 bridgehead atoms. The van der Waals surface area contributed by atoms with E-state index in [1.54, 1.807) is 28.4 Å². The molecule has 1 heterocycles. The molecule has 138 valence electrons. The zero-order valence-electron chi connectivity index (χ0n) is 15.8. The van der Waals surface area contributed by atoms with Crippen molar-refractivity contribution in [3.63, 3.8) is 0 Å². The highest BCUT2D eigenvalue weighted by molar-refractivity contribution is 5.82. The summed E-state index contributed by atoms with van der Waals surface area (Å²) in [5, 5.41) is 0. The minimum atomic E-state index is -0.0575. The Morgan fingerprint density at radius 3 is 2.04 bits per heavy atom. The molecular formula is C21H24O5. The fourth-order valence-electron chi connectivity index (χ4n) is 3.15. The Morgan fingerprint density at radius 1 is 0.808 bits per heavy atom. The van der Waals surface area contributed by atoms with Crippen molar-refractivity contribution in [1.82, 2.24) is 0 Å². The number of ether oxygens (including phenoxy) is 5. The molecule has 1 aliphatic heterocycles. The monoisotopic (exact) mass is 356 g/mol. The van der Waals surface area contributed by atoms with Crippen molar-refractivity contribution in [1.29, 1.82) is 0 Å². The van der Waals surface area contributed by atoms with E-state index in [1.807, 2.05) is 36.4 Å². The van der Waals surface area contributed by atoms with Gasteiger partial charge in [-0.2, -0.15) is 0 Å². The fourth-order valence-corrected chi connectivity index (χ4v) is 3.15. The average molecular weight is 356 g/mol. The summed E-state index contributed by atoms with van der Waals surface area (Å²) in [6, 6.07) is 9.74. The van der Waals surface area contributed by atoms with Gasteiger partial charge in [-0.05, 0) is 48.4 Å². The van der Waals surface area contributed by atoms with E-state index in [9.17, 15) is 0 Å². The summed E-state index contributed by atoms with van der Waals surface area (Å²) in [7, 11) is 6.52. The number of benzene rings is 2. The molecule has 2 aromatic carbocycles. The van der Waals surface area contributed by atoms with Crippen LogP contribution < -0.4 is 18.9 Å². The third-order valence-electron chi connectivity index (χ3n) is 4.53. The summed E-state index contributed by atoms with van der Waals surface area (Å²) in [6.07, 6.45) is 2.80. The van der Waals surface area contributed by atoms with Crippen LogP contribution in [0.3, 0.4) is 0 Å². The van der Waals surface area contributed by atoms with Crippen LogP contribution in [0.5, 0.6) is 23.0 Å². The average Bonchev–Trinajstić information content (AvgIpc) is 2.70. The molecule has 0 N–H and O–H groups in total. The Kier molecular flexibility index (Phi) is 5.26. The quantitative estimate of drug-likeness (QED) is 0.751. The lowest BCUT2D eigenvalue weighted by atomic mass is 9.95. The van der Waals surface area contributed by atoms with Crippen molar-refractivity contribution in [2.24, 2.45) is 0 Å². The number of hydrogen-bond acceptors (Lipinski definition) is 5. The second-order valence-corrected chi connectivity index (χ2v) is 5.93. The summed E-state index contributed by atoms with van der Waals surface area (Å²) >= 11 is 0. The highest BCUT2D eigenvalue weighted by Gasteiger charge is 2.25. The number of fused-ring (bicyclic) bond motifs is 1. The molecular weight excluding hydrogens is 332 g/mol. The Bertz CT molecular complexity index is 825. The summed E-state index contributed by atoms with van der Waals surface area (Å²) < 4.78 is 27.9. The molecule has 0 fully saturated rings. The van der Waals surface area contributed by atoms with Crippen molar-refractivity contribution in [3.05, 3.63) is 47.0 Å². The molecule has 0 aromatic heterocycles. The van der Waals surface area contributed by atoms with Crippen molar-refractivity contribution in [3.8, 4) is 23.0 Å². The lowest BCUT2D eigenvalue weighted by Gasteiger charge is -2.28. The first-order valence-electron chi connectivity index (χ1n) is 8.51. The topological polar surface area (TPSA) is 46.2 Å². The molecule has 0 amide bonds. The van der Waals surface area contributed by atoms with Crippen molar-refractivity contribution < 1.29 is 23.7 Å². The molecule has 1 aliphatic rings. The largest absolute Gasteiger partial charge is 0.493 e. The van der Waals surface area contributed by atoms with Crippen LogP contribution in [0, 0.1) is 0 Å². The van der Waals surface area contributed by atoms with Crippen LogP contribution in [0.15, 0.2) is 30.3 Å². The molecule has 0 saturated carbocycles. The standard InChI is InChI=1S/C21H24O5/c1-6-16-15-12-21(25-5)20(24-4)11-14(15)10-18(26-16)13-7-8-17(22-2)19(9-13)23-3/h7-12,16H,6H2,1-5H3. The fraction of sp³-hybridized carbons (Fsp3) is 0.333. The SMILES string of the molecule is CCC1OC(c2ccc(OC)c(OC)c2)=Cc2cc(OC)c(OC)cc21.